The number of amides is 2. The second-order valence-corrected chi connectivity index (χ2v) is 4.93. The fourth-order valence-electron chi connectivity index (χ4n) is 2.06. The number of carbonyl (C=O) groups excluding carboxylic acids is 1. The van der Waals surface area contributed by atoms with Gasteiger partial charge in [0.1, 0.15) is 5.82 Å². The van der Waals surface area contributed by atoms with Crippen LogP contribution in [0.25, 0.3) is 0 Å². The topological polar surface area (TPSA) is 69.6 Å². The lowest BCUT2D eigenvalue weighted by atomic mass is 10.1. The molecule has 0 aliphatic heterocycles. The molecule has 21 heavy (non-hydrogen) atoms. The van der Waals surface area contributed by atoms with Gasteiger partial charge in [-0.15, -0.1) is 0 Å². The summed E-state index contributed by atoms with van der Waals surface area (Å²) in [5.41, 5.74) is 1.89. The fourth-order valence-corrected chi connectivity index (χ4v) is 2.06. The lowest BCUT2D eigenvalue weighted by Gasteiger charge is -2.20. The maximum absolute atomic E-state index is 13.5. The van der Waals surface area contributed by atoms with Crippen LogP contribution in [0.2, 0.25) is 0 Å². The van der Waals surface area contributed by atoms with E-state index in [4.69, 9.17) is 5.11 Å². The lowest BCUT2D eigenvalue weighted by Crippen LogP contribution is -2.40. The van der Waals surface area contributed by atoms with Crippen LogP contribution < -0.4 is 5.32 Å². The maximum atomic E-state index is 13.5. The first-order valence-corrected chi connectivity index (χ1v) is 6.85. The minimum Gasteiger partial charge on any atom is -0.481 e. The van der Waals surface area contributed by atoms with Crippen molar-refractivity contribution in [3.63, 3.8) is 0 Å². The normalized spacial score (nSPS) is 10.3. The van der Waals surface area contributed by atoms with E-state index in [1.807, 2.05) is 0 Å². The molecule has 0 saturated heterocycles. The molecule has 0 aliphatic carbocycles. The highest BCUT2D eigenvalue weighted by Gasteiger charge is 2.13. The molecule has 6 heteroatoms. The van der Waals surface area contributed by atoms with E-state index in [9.17, 15) is 14.0 Å². The van der Waals surface area contributed by atoms with Gasteiger partial charge in [0.25, 0.3) is 0 Å². The molecule has 2 amide bonds. The number of urea groups is 1. The van der Waals surface area contributed by atoms with Gasteiger partial charge in [0.05, 0.1) is 6.42 Å². The van der Waals surface area contributed by atoms with Crippen LogP contribution in [-0.2, 0) is 11.3 Å². The molecular formula is C15H21FN2O3. The second-order valence-electron chi connectivity index (χ2n) is 4.93. The molecule has 0 radical (unpaired) electrons. The first-order chi connectivity index (χ1) is 9.85. The van der Waals surface area contributed by atoms with Crippen LogP contribution in [0.15, 0.2) is 12.1 Å². The number of aliphatic carboxylic acids is 1. The summed E-state index contributed by atoms with van der Waals surface area (Å²) in [5, 5.41) is 11.4. The van der Waals surface area contributed by atoms with Gasteiger partial charge in [0.2, 0.25) is 0 Å². The van der Waals surface area contributed by atoms with Crippen LogP contribution in [0.5, 0.6) is 0 Å². The molecule has 0 fully saturated rings. The summed E-state index contributed by atoms with van der Waals surface area (Å²) >= 11 is 0. The smallest absolute Gasteiger partial charge is 0.317 e. The summed E-state index contributed by atoms with van der Waals surface area (Å²) < 4.78 is 13.5. The number of benzene rings is 1. The third kappa shape index (κ3) is 5.06. The molecule has 0 bridgehead atoms. The first-order valence-electron chi connectivity index (χ1n) is 6.85. The molecule has 2 N–H and O–H groups in total. The van der Waals surface area contributed by atoms with Gasteiger partial charge in [0, 0.05) is 19.6 Å². The van der Waals surface area contributed by atoms with E-state index in [0.717, 1.165) is 5.56 Å². The Kier molecular flexibility index (Phi) is 6.14. The van der Waals surface area contributed by atoms with E-state index >= 15 is 0 Å². The van der Waals surface area contributed by atoms with Crippen LogP contribution in [0.3, 0.4) is 0 Å². The van der Waals surface area contributed by atoms with Crippen molar-refractivity contribution < 1.29 is 19.1 Å². The zero-order valence-electron chi connectivity index (χ0n) is 12.6. The molecule has 0 heterocycles. The highest BCUT2D eigenvalue weighted by Crippen LogP contribution is 2.14. The Bertz CT molecular complexity index is 509. The van der Waals surface area contributed by atoms with Crippen molar-refractivity contribution in [3.05, 3.63) is 34.6 Å². The molecule has 0 atom stereocenters. The first kappa shape index (κ1) is 16.9. The number of carbonyl (C=O) groups is 2. The van der Waals surface area contributed by atoms with Gasteiger partial charge in [-0.2, -0.15) is 0 Å². The van der Waals surface area contributed by atoms with Crippen molar-refractivity contribution >= 4 is 12.0 Å². The number of nitrogens with zero attached hydrogens (tertiary/aromatic N) is 1. The number of nitrogens with one attached hydrogen (secondary N) is 1. The van der Waals surface area contributed by atoms with E-state index in [0.29, 0.717) is 17.7 Å². The van der Waals surface area contributed by atoms with Crippen molar-refractivity contribution in [2.45, 2.75) is 33.7 Å². The number of hydrogen-bond acceptors (Lipinski definition) is 2. The maximum Gasteiger partial charge on any atom is 0.317 e. The number of halogens is 1. The SMILES string of the molecule is CCN(CCC(=O)O)C(=O)NCc1cc(C)c(F)c(C)c1. The van der Waals surface area contributed by atoms with Crippen molar-refractivity contribution in [1.29, 1.82) is 0 Å². The molecular weight excluding hydrogens is 275 g/mol. The third-order valence-electron chi connectivity index (χ3n) is 3.20. The zero-order chi connectivity index (χ0) is 16.0. The minimum absolute atomic E-state index is 0.0873. The molecule has 1 aromatic rings. The van der Waals surface area contributed by atoms with Gasteiger partial charge in [-0.25, -0.2) is 9.18 Å². The van der Waals surface area contributed by atoms with Crippen molar-refractivity contribution in [2.75, 3.05) is 13.1 Å². The third-order valence-corrected chi connectivity index (χ3v) is 3.20. The number of carboxylic acid groups (broad SMARTS) is 1. The highest BCUT2D eigenvalue weighted by atomic mass is 19.1. The molecule has 0 unspecified atom stereocenters. The van der Waals surface area contributed by atoms with Crippen LogP contribution in [-0.4, -0.2) is 35.1 Å². The highest BCUT2D eigenvalue weighted by molar-refractivity contribution is 5.75. The predicted molar refractivity (Wildman–Crippen MR) is 77.6 cm³/mol. The Hall–Kier alpha value is -2.11. The Labute approximate surface area is 123 Å². The average molecular weight is 296 g/mol. The lowest BCUT2D eigenvalue weighted by molar-refractivity contribution is -0.137. The molecule has 1 aromatic carbocycles. The van der Waals surface area contributed by atoms with E-state index in [-0.39, 0.29) is 31.4 Å². The van der Waals surface area contributed by atoms with Crippen LogP contribution in [0.1, 0.15) is 30.0 Å². The van der Waals surface area contributed by atoms with Crippen LogP contribution in [0.4, 0.5) is 9.18 Å². The fraction of sp³-hybridized carbons (Fsp3) is 0.467. The van der Waals surface area contributed by atoms with E-state index in [2.05, 4.69) is 5.32 Å². The summed E-state index contributed by atoms with van der Waals surface area (Å²) in [6.45, 7) is 6.02. The monoisotopic (exact) mass is 296 g/mol. The second kappa shape index (κ2) is 7.61. The Morgan fingerprint density at radius 3 is 2.33 bits per heavy atom. The molecule has 5 nitrogen and oxygen atoms in total. The van der Waals surface area contributed by atoms with Crippen LogP contribution >= 0.6 is 0 Å². The Morgan fingerprint density at radius 1 is 1.29 bits per heavy atom. The van der Waals surface area contributed by atoms with Crippen LogP contribution in [0, 0.1) is 19.7 Å². The van der Waals surface area contributed by atoms with E-state index in [1.54, 1.807) is 32.9 Å². The molecule has 0 spiro atoms. The largest absolute Gasteiger partial charge is 0.481 e. The van der Waals surface area contributed by atoms with E-state index < -0.39 is 5.97 Å². The number of carboxylic acids is 1. The minimum atomic E-state index is -0.939. The number of hydrogen-bond donors (Lipinski definition) is 2. The molecule has 116 valence electrons. The van der Waals surface area contributed by atoms with Gasteiger partial charge >= 0.3 is 12.0 Å². The molecule has 0 saturated carbocycles. The quantitative estimate of drug-likeness (QED) is 0.847. The molecule has 0 aromatic heterocycles. The predicted octanol–water partition coefficient (Wildman–Crippen LogP) is 2.45. The van der Waals surface area contributed by atoms with Crippen molar-refractivity contribution in [2.24, 2.45) is 0 Å². The average Bonchev–Trinajstić information content (AvgIpc) is 2.42. The van der Waals surface area contributed by atoms with Gasteiger partial charge < -0.3 is 15.3 Å². The van der Waals surface area contributed by atoms with Gasteiger partial charge in [0.15, 0.2) is 0 Å². The summed E-state index contributed by atoms with van der Waals surface area (Å²) in [6.07, 6.45) is -0.0873. The molecule has 0 aliphatic rings. The van der Waals surface area contributed by atoms with Gasteiger partial charge in [-0.05, 0) is 37.5 Å². The van der Waals surface area contributed by atoms with Crippen molar-refractivity contribution in [1.82, 2.24) is 10.2 Å². The standard InChI is InChI=1S/C15H21FN2O3/c1-4-18(6-5-13(19)20)15(21)17-9-12-7-10(2)14(16)11(3)8-12/h7-8H,4-6,9H2,1-3H3,(H,17,21)(H,19,20). The Morgan fingerprint density at radius 2 is 1.86 bits per heavy atom. The van der Waals surface area contributed by atoms with Gasteiger partial charge in [-0.3, -0.25) is 4.79 Å². The molecule has 1 rings (SSSR count). The Balaban J connectivity index is 2.61. The summed E-state index contributed by atoms with van der Waals surface area (Å²) in [4.78, 5) is 23.9. The number of rotatable bonds is 6. The summed E-state index contributed by atoms with van der Waals surface area (Å²) in [5.74, 6) is -1.17. The van der Waals surface area contributed by atoms with Gasteiger partial charge in [-0.1, -0.05) is 12.1 Å². The summed E-state index contributed by atoms with van der Waals surface area (Å²) in [7, 11) is 0. The summed E-state index contributed by atoms with van der Waals surface area (Å²) in [6, 6.07) is 3.06. The van der Waals surface area contributed by atoms with E-state index in [1.165, 1.54) is 4.90 Å². The van der Waals surface area contributed by atoms with Crippen molar-refractivity contribution in [3.8, 4) is 0 Å². The number of aryl methyl sites for hydroxylation is 2. The zero-order valence-corrected chi connectivity index (χ0v) is 12.6.